The van der Waals surface area contributed by atoms with Crippen molar-refractivity contribution in [2.24, 2.45) is 12.8 Å². The summed E-state index contributed by atoms with van der Waals surface area (Å²) < 4.78 is 91.2. The SMILES string of the molecule is CCC(NC(=O)c1cncc2c1cnn2-c1ccc(F)cc1)c1nc(C(=O)O)cs1.CCC(NC(=O)c1cncc2c1cnn2-c1ccc(F)cc1)c1nc(C(=O)OC)co1.CCC(NC(=O)c1cncc2c1cnn2-c1ccc(F)cc1)c1nc(C(N)=O)co1.CC[C@@H](NC(=O)c1cncc2c1cnn2-c1ccc(F)cc1)c1cn[nH]c1.CC[C@H](NC(=O)c1cncc2c1cnn2-c1ccc(F)cc1)c1cncn1C. The number of aromatic nitrogens is 22. The number of thiazole rings is 1. The molecule has 0 aliphatic rings. The molecule has 5 aromatic carbocycles. The maximum Gasteiger partial charge on any atom is 0.360 e. The van der Waals surface area contributed by atoms with E-state index < -0.39 is 47.8 Å². The van der Waals surface area contributed by atoms with E-state index >= 15 is 0 Å². The second kappa shape index (κ2) is 45.1. The number of nitrogens with one attached hydrogen (secondary N) is 6. The largest absolute Gasteiger partial charge is 0.476 e. The highest BCUT2D eigenvalue weighted by atomic mass is 32.1. The number of benzene rings is 5. The molecule has 9 N–H and O–H groups in total. The first kappa shape index (κ1) is 100. The Labute approximate surface area is 827 Å². The molecular weight excluding hydrogens is 1910 g/mol. The molecule has 15 aromatic heterocycles. The number of esters is 1. The third-order valence-corrected chi connectivity index (χ3v) is 24.0. The monoisotopic (exact) mass is 2000 g/mol. The average molecular weight is 2000 g/mol. The van der Waals surface area contributed by atoms with Crippen molar-refractivity contribution in [3.63, 3.8) is 0 Å². The molecule has 0 aliphatic carbocycles. The number of oxazole rings is 2. The fourth-order valence-electron chi connectivity index (χ4n) is 15.5. The third kappa shape index (κ3) is 22.3. The van der Waals surface area contributed by atoms with Crippen LogP contribution in [0.4, 0.5) is 22.0 Å². The lowest BCUT2D eigenvalue weighted by Gasteiger charge is -2.17. The Balaban J connectivity index is 0.000000131. The van der Waals surface area contributed by atoms with E-state index in [0.29, 0.717) is 135 Å². The van der Waals surface area contributed by atoms with E-state index in [9.17, 15) is 60.3 Å². The molecule has 46 heteroatoms. The number of rotatable bonds is 28. The van der Waals surface area contributed by atoms with Crippen LogP contribution in [0.2, 0.25) is 0 Å². The van der Waals surface area contributed by atoms with Crippen LogP contribution in [0.1, 0.15) is 208 Å². The number of amides is 6. The van der Waals surface area contributed by atoms with Gasteiger partial charge in [-0.1, -0.05) is 34.6 Å². The van der Waals surface area contributed by atoms with Gasteiger partial charge in [0, 0.05) is 82.1 Å². The number of methoxy groups -OCH3 is 1. The van der Waals surface area contributed by atoms with Crippen LogP contribution < -0.4 is 32.3 Å². The summed E-state index contributed by atoms with van der Waals surface area (Å²) in [4.78, 5) is 136. The number of carboxylic acids is 1. The van der Waals surface area contributed by atoms with Crippen molar-refractivity contribution in [2.75, 3.05) is 7.11 Å². The molecule has 0 saturated heterocycles. The second-order valence-electron chi connectivity index (χ2n) is 32.3. The number of carbonyl (C=O) groups is 8. The molecule has 20 rings (SSSR count). The van der Waals surface area contributed by atoms with Gasteiger partial charge in [0.15, 0.2) is 17.1 Å². The number of primary amides is 1. The summed E-state index contributed by atoms with van der Waals surface area (Å²) in [5, 5.41) is 57.1. The van der Waals surface area contributed by atoms with Crippen molar-refractivity contribution in [3.05, 3.63) is 359 Å². The molecule has 146 heavy (non-hydrogen) atoms. The first-order valence-electron chi connectivity index (χ1n) is 45.1. The Morgan fingerprint density at radius 3 is 0.973 bits per heavy atom. The van der Waals surface area contributed by atoms with Crippen LogP contribution in [0.5, 0.6) is 0 Å². The molecule has 40 nitrogen and oxygen atoms in total. The predicted octanol–water partition coefficient (Wildman–Crippen LogP) is 15.7. The molecular formula is C100H87F5N28O12S. The number of nitrogens with two attached hydrogens (primary N) is 1. The van der Waals surface area contributed by atoms with Gasteiger partial charge in [0.25, 0.3) is 35.4 Å². The topological polar surface area (TPSA) is 517 Å². The Morgan fingerprint density at radius 2 is 0.699 bits per heavy atom. The zero-order chi connectivity index (χ0) is 103. The first-order chi connectivity index (χ1) is 70.7. The molecule has 5 atom stereocenters. The van der Waals surface area contributed by atoms with Crippen LogP contribution in [0.3, 0.4) is 0 Å². The predicted molar refractivity (Wildman–Crippen MR) is 520 cm³/mol. The van der Waals surface area contributed by atoms with Gasteiger partial charge in [-0.25, -0.2) is 74.9 Å². The van der Waals surface area contributed by atoms with E-state index in [1.165, 1.54) is 122 Å². The number of aromatic carboxylic acids is 1. The Hall–Kier alpha value is -18.9. The highest BCUT2D eigenvalue weighted by molar-refractivity contribution is 7.10. The number of ether oxygens (including phenoxy) is 1. The molecule has 0 radical (unpaired) electrons. The van der Waals surface area contributed by atoms with E-state index in [1.807, 2.05) is 46.2 Å². The quantitative estimate of drug-likeness (QED) is 0.0167. The minimum Gasteiger partial charge on any atom is -0.476 e. The zero-order valence-electron chi connectivity index (χ0n) is 78.4. The van der Waals surface area contributed by atoms with Crippen LogP contribution in [0.15, 0.2) is 266 Å². The van der Waals surface area contributed by atoms with Crippen LogP contribution in [-0.2, 0) is 11.8 Å². The summed E-state index contributed by atoms with van der Waals surface area (Å²) >= 11 is 1.18. The number of pyridine rings is 5. The van der Waals surface area contributed by atoms with Gasteiger partial charge in [-0.05, 0) is 153 Å². The van der Waals surface area contributed by atoms with E-state index in [4.69, 9.17) is 19.7 Å². The van der Waals surface area contributed by atoms with Gasteiger partial charge in [-0.15, -0.1) is 11.3 Å². The number of imidazole rings is 1. The average Bonchev–Trinajstić information content (AvgIpc) is 1.65. The van der Waals surface area contributed by atoms with Crippen molar-refractivity contribution in [1.82, 2.24) is 135 Å². The number of aromatic amines is 1. The Kier molecular flexibility index (Phi) is 30.9. The summed E-state index contributed by atoms with van der Waals surface area (Å²) in [6.45, 7) is 9.55. The lowest BCUT2D eigenvalue weighted by Crippen LogP contribution is -2.29. The number of fused-ring (bicyclic) bond motifs is 5. The zero-order valence-corrected chi connectivity index (χ0v) is 79.2. The molecule has 0 saturated carbocycles. The van der Waals surface area contributed by atoms with Crippen LogP contribution in [0.25, 0.3) is 83.0 Å². The molecule has 0 fully saturated rings. The van der Waals surface area contributed by atoms with Gasteiger partial charge in [0.2, 0.25) is 11.8 Å². The number of hydrogen-bond donors (Lipinski definition) is 8. The number of aryl methyl sites for hydroxylation is 1. The number of carboxylic acid groups (broad SMARTS) is 1. The second-order valence-corrected chi connectivity index (χ2v) is 33.2. The lowest BCUT2D eigenvalue weighted by molar-refractivity contribution is 0.0592. The van der Waals surface area contributed by atoms with E-state index in [1.54, 1.807) is 171 Å². The Bertz CT molecular complexity index is 7910. The fraction of sp³-hybridized carbons (Fsp3) is 0.170. The molecule has 0 bridgehead atoms. The van der Waals surface area contributed by atoms with Crippen molar-refractivity contribution >= 4 is 113 Å². The highest BCUT2D eigenvalue weighted by Gasteiger charge is 2.30. The van der Waals surface area contributed by atoms with Gasteiger partial charge in [0.05, 0.1) is 195 Å². The number of nitrogens with zero attached hydrogens (tertiary/aromatic N) is 21. The summed E-state index contributed by atoms with van der Waals surface area (Å²) in [5.41, 5.74) is 15.2. The molecule has 6 amide bonds. The molecule has 3 unspecified atom stereocenters. The minimum atomic E-state index is -1.11. The van der Waals surface area contributed by atoms with E-state index in [2.05, 4.69) is 112 Å². The molecule has 20 aromatic rings. The summed E-state index contributed by atoms with van der Waals surface area (Å²) in [6, 6.07) is 27.6. The van der Waals surface area contributed by atoms with Crippen molar-refractivity contribution in [1.29, 1.82) is 0 Å². The molecule has 0 spiro atoms. The van der Waals surface area contributed by atoms with Crippen LogP contribution in [0, 0.1) is 29.1 Å². The van der Waals surface area contributed by atoms with Crippen molar-refractivity contribution in [3.8, 4) is 28.4 Å². The molecule has 740 valence electrons. The van der Waals surface area contributed by atoms with Crippen LogP contribution >= 0.6 is 11.3 Å². The van der Waals surface area contributed by atoms with E-state index in [0.717, 1.165) is 30.4 Å². The maximum atomic E-state index is 13.2. The van der Waals surface area contributed by atoms with Crippen molar-refractivity contribution in [2.45, 2.75) is 96.9 Å². The third-order valence-electron chi connectivity index (χ3n) is 23.1. The molecule has 15 heterocycles. The Morgan fingerprint density at radius 1 is 0.390 bits per heavy atom. The lowest BCUT2D eigenvalue weighted by atomic mass is 10.1. The first-order valence-corrected chi connectivity index (χ1v) is 46.0. The number of halogens is 5. The van der Waals surface area contributed by atoms with Gasteiger partial charge >= 0.3 is 11.9 Å². The summed E-state index contributed by atoms with van der Waals surface area (Å²) in [6.07, 6.45) is 35.5. The van der Waals surface area contributed by atoms with Gasteiger partial charge < -0.3 is 55.6 Å². The van der Waals surface area contributed by atoms with Gasteiger partial charge in [-0.3, -0.25) is 58.8 Å². The van der Waals surface area contributed by atoms with Gasteiger partial charge in [-0.2, -0.15) is 30.6 Å². The highest BCUT2D eigenvalue weighted by Crippen LogP contribution is 2.32. The van der Waals surface area contributed by atoms with E-state index in [-0.39, 0.29) is 87.8 Å². The number of hydrogen-bond acceptors (Lipinski definition) is 27. The van der Waals surface area contributed by atoms with Gasteiger partial charge in [0.1, 0.15) is 58.7 Å². The number of H-pyrrole nitrogens is 1. The summed E-state index contributed by atoms with van der Waals surface area (Å²) in [7, 11) is 3.14. The maximum absolute atomic E-state index is 13.2. The van der Waals surface area contributed by atoms with Crippen molar-refractivity contribution < 1.29 is 79.0 Å². The fourth-order valence-corrected chi connectivity index (χ4v) is 16.4. The summed E-state index contributed by atoms with van der Waals surface area (Å²) in [5.74, 6) is -5.43. The normalized spacial score (nSPS) is 12.1. The number of carbonyl (C=O) groups excluding carboxylic acids is 7. The minimum absolute atomic E-state index is 0.0120. The van der Waals surface area contributed by atoms with Crippen LogP contribution in [-0.4, -0.2) is 168 Å². The standard InChI is InChI=1S/C21H18FN5O4.C20H17FN6O3.C20H19FN6O.C20H16FN5O3S.C19H17FN6O/c1-3-16(20-26-17(11-31-20)21(29)30-2)25-19(28)15-8-23-10-18-14(15)9-24-27(18)13-6-4-12(22)5-7-13;1-2-15(20-26-16(10-30-20)18(22)28)25-19(29)14-7-23-9-17-13(14)8-24-27(17)12-5-3-11(21)4-6-12;1-3-17(19-11-23-12-26(19)2)25-20(28)16-8-22-10-18-15(16)9-24-27(18)14-6-4-13(21)5-7-14;1-2-15(19-25-16(10-30-19)20(28)29)24-18(27)14-7-22-9-17-13(14)8-23-26(17)12-5-3-11(21)4-6-12;1-2-17(12-7-22-23-8-12)25-19(27)16-9-21-11-18-15(16)10-24-26(18)14-5-3-13(20)4-6-14/h4-11,16H,3H2,1-2H3,(H,25,28);3-10,15H,2H2,1H3,(H2,22,28)(H,25,29);4-12,17H,3H2,1-2H3,(H,25,28);3-10,15H,2H2,1H3,(H,24,27)(H,28,29);3-11,17H,2H2,1H3,(H,22,23)(H,25,27)/t;;17-;;17-/m..0.1/s1. The smallest absolute Gasteiger partial charge is 0.360 e. The molecule has 0 aliphatic heterocycles.